The van der Waals surface area contributed by atoms with Crippen molar-refractivity contribution in [1.29, 1.82) is 0 Å². The lowest BCUT2D eigenvalue weighted by molar-refractivity contribution is 0.240. The molecule has 0 saturated carbocycles. The summed E-state index contributed by atoms with van der Waals surface area (Å²) >= 11 is 0. The molecule has 1 aliphatic rings. The second-order valence-electron chi connectivity index (χ2n) is 6.26. The number of hydrogen-bond donors (Lipinski definition) is 0. The van der Waals surface area contributed by atoms with Crippen LogP contribution in [-0.4, -0.2) is 26.4 Å². The number of aromatic nitrogens is 3. The van der Waals surface area contributed by atoms with Gasteiger partial charge in [0.05, 0.1) is 11.4 Å². The van der Waals surface area contributed by atoms with Crippen molar-refractivity contribution >= 4 is 0 Å². The van der Waals surface area contributed by atoms with Crippen LogP contribution in [-0.2, 0) is 19.5 Å². The summed E-state index contributed by atoms with van der Waals surface area (Å²) in [6.07, 6.45) is 2.95. The molecule has 1 aliphatic heterocycles. The number of pyridine rings is 1. The molecule has 0 bridgehead atoms. The van der Waals surface area contributed by atoms with Gasteiger partial charge >= 0.3 is 0 Å². The quantitative estimate of drug-likeness (QED) is 0.742. The van der Waals surface area contributed by atoms with Crippen LogP contribution in [0.15, 0.2) is 54.7 Å². The Kier molecular flexibility index (Phi) is 4.05. The molecule has 0 amide bonds. The maximum absolute atomic E-state index is 4.79. The predicted octanol–water partition coefficient (Wildman–Crippen LogP) is 3.41. The van der Waals surface area contributed by atoms with Gasteiger partial charge in [0, 0.05) is 49.1 Å². The fourth-order valence-corrected chi connectivity index (χ4v) is 3.15. The molecule has 2 aromatic heterocycles. The lowest BCUT2D eigenvalue weighted by atomic mass is 10.1. The summed E-state index contributed by atoms with van der Waals surface area (Å²) in [5.41, 5.74) is 5.68. The summed E-state index contributed by atoms with van der Waals surface area (Å²) in [5, 5.41) is 0. The van der Waals surface area contributed by atoms with Gasteiger partial charge < -0.3 is 0 Å². The van der Waals surface area contributed by atoms with Crippen molar-refractivity contribution in [3.8, 4) is 11.4 Å². The van der Waals surface area contributed by atoms with Crippen molar-refractivity contribution < 1.29 is 0 Å². The zero-order valence-electron chi connectivity index (χ0n) is 13.8. The number of rotatable bonds is 3. The third-order valence-corrected chi connectivity index (χ3v) is 4.38. The Morgan fingerprint density at radius 2 is 1.88 bits per heavy atom. The molecule has 0 aliphatic carbocycles. The van der Waals surface area contributed by atoms with E-state index in [1.54, 1.807) is 0 Å². The molecule has 4 nitrogen and oxygen atoms in total. The van der Waals surface area contributed by atoms with Crippen molar-refractivity contribution in [2.45, 2.75) is 26.4 Å². The number of fused-ring (bicyclic) bond motifs is 1. The first kappa shape index (κ1) is 15.0. The minimum absolute atomic E-state index is 0.822. The number of nitrogens with zero attached hydrogens (tertiary/aromatic N) is 4. The zero-order chi connectivity index (χ0) is 16.4. The van der Waals surface area contributed by atoms with E-state index in [0.717, 1.165) is 48.8 Å². The van der Waals surface area contributed by atoms with Crippen LogP contribution in [0.4, 0.5) is 0 Å². The molecule has 0 spiro atoms. The van der Waals surface area contributed by atoms with Gasteiger partial charge in [-0.25, -0.2) is 9.97 Å². The first-order valence-electron chi connectivity index (χ1n) is 8.33. The third kappa shape index (κ3) is 3.19. The van der Waals surface area contributed by atoms with Crippen molar-refractivity contribution in [3.63, 3.8) is 0 Å². The van der Waals surface area contributed by atoms with Gasteiger partial charge in [0.2, 0.25) is 0 Å². The molecule has 0 atom stereocenters. The normalized spacial score (nSPS) is 14.4. The third-order valence-electron chi connectivity index (χ3n) is 4.38. The smallest absolute Gasteiger partial charge is 0.159 e. The molecule has 3 aromatic rings. The van der Waals surface area contributed by atoms with Crippen molar-refractivity contribution in [1.82, 2.24) is 19.9 Å². The molecule has 24 heavy (non-hydrogen) atoms. The predicted molar refractivity (Wildman–Crippen MR) is 94.3 cm³/mol. The second kappa shape index (κ2) is 6.49. The first-order chi connectivity index (χ1) is 11.8. The molecule has 120 valence electrons. The summed E-state index contributed by atoms with van der Waals surface area (Å²) in [6, 6.07) is 16.4. The van der Waals surface area contributed by atoms with E-state index >= 15 is 0 Å². The van der Waals surface area contributed by atoms with Crippen molar-refractivity contribution in [2.75, 3.05) is 6.54 Å². The maximum Gasteiger partial charge on any atom is 0.159 e. The summed E-state index contributed by atoms with van der Waals surface area (Å²) in [7, 11) is 0. The fourth-order valence-electron chi connectivity index (χ4n) is 3.15. The summed E-state index contributed by atoms with van der Waals surface area (Å²) in [6.45, 7) is 4.81. The first-order valence-corrected chi connectivity index (χ1v) is 8.33. The monoisotopic (exact) mass is 316 g/mol. The van der Waals surface area contributed by atoms with Gasteiger partial charge in [-0.2, -0.15) is 0 Å². The molecule has 0 saturated heterocycles. The Morgan fingerprint density at radius 3 is 2.71 bits per heavy atom. The fraction of sp³-hybridized carbons (Fsp3) is 0.250. The molecular weight excluding hydrogens is 296 g/mol. The average molecular weight is 316 g/mol. The van der Waals surface area contributed by atoms with Crippen LogP contribution in [0.3, 0.4) is 0 Å². The van der Waals surface area contributed by atoms with Crippen LogP contribution < -0.4 is 0 Å². The van der Waals surface area contributed by atoms with E-state index in [2.05, 4.69) is 39.1 Å². The van der Waals surface area contributed by atoms with Crippen molar-refractivity contribution in [2.24, 2.45) is 0 Å². The number of hydrogen-bond acceptors (Lipinski definition) is 4. The van der Waals surface area contributed by atoms with Crippen LogP contribution in [0.5, 0.6) is 0 Å². The Bertz CT molecular complexity index is 845. The van der Waals surface area contributed by atoms with Crippen LogP contribution in [0.25, 0.3) is 11.4 Å². The van der Waals surface area contributed by atoms with Gasteiger partial charge in [0.15, 0.2) is 5.82 Å². The largest absolute Gasteiger partial charge is 0.293 e. The molecule has 0 fully saturated rings. The Morgan fingerprint density at radius 1 is 1.00 bits per heavy atom. The van der Waals surface area contributed by atoms with Gasteiger partial charge in [-0.15, -0.1) is 0 Å². The van der Waals surface area contributed by atoms with E-state index in [1.807, 2.05) is 37.4 Å². The number of aryl methyl sites for hydroxylation is 1. The lowest BCUT2D eigenvalue weighted by Gasteiger charge is -2.27. The Labute approximate surface area is 142 Å². The average Bonchev–Trinajstić information content (AvgIpc) is 2.62. The van der Waals surface area contributed by atoms with Crippen LogP contribution >= 0.6 is 0 Å². The molecule has 4 heteroatoms. The van der Waals surface area contributed by atoms with E-state index in [4.69, 9.17) is 4.98 Å². The van der Waals surface area contributed by atoms with Crippen LogP contribution in [0.2, 0.25) is 0 Å². The van der Waals surface area contributed by atoms with Gasteiger partial charge in [0.1, 0.15) is 0 Å². The minimum Gasteiger partial charge on any atom is -0.293 e. The standard InChI is InChI=1S/C20H20N4/c1-15-6-5-9-18(22-15)14-24-11-10-19-17(13-24)12-21-20(23-19)16-7-3-2-4-8-16/h2-9,12H,10-11,13-14H2,1H3. The van der Waals surface area contributed by atoms with Gasteiger partial charge in [-0.3, -0.25) is 9.88 Å². The lowest BCUT2D eigenvalue weighted by Crippen LogP contribution is -2.31. The van der Waals surface area contributed by atoms with E-state index < -0.39 is 0 Å². The summed E-state index contributed by atoms with van der Waals surface area (Å²) in [5.74, 6) is 0.822. The minimum atomic E-state index is 0.822. The Hall–Kier alpha value is -2.59. The van der Waals surface area contributed by atoms with E-state index in [0.29, 0.717) is 0 Å². The van der Waals surface area contributed by atoms with Gasteiger partial charge in [-0.1, -0.05) is 36.4 Å². The summed E-state index contributed by atoms with van der Waals surface area (Å²) in [4.78, 5) is 16.4. The molecular formula is C20H20N4. The molecule has 0 unspecified atom stereocenters. The molecule has 4 rings (SSSR count). The highest BCUT2D eigenvalue weighted by Crippen LogP contribution is 2.21. The van der Waals surface area contributed by atoms with E-state index in [-0.39, 0.29) is 0 Å². The molecule has 0 radical (unpaired) electrons. The summed E-state index contributed by atoms with van der Waals surface area (Å²) < 4.78 is 0. The van der Waals surface area contributed by atoms with Crippen LogP contribution in [0.1, 0.15) is 22.6 Å². The zero-order valence-corrected chi connectivity index (χ0v) is 13.8. The molecule has 3 heterocycles. The highest BCUT2D eigenvalue weighted by Gasteiger charge is 2.19. The van der Waals surface area contributed by atoms with Crippen LogP contribution in [0, 0.1) is 6.92 Å². The molecule has 0 N–H and O–H groups in total. The maximum atomic E-state index is 4.79. The highest BCUT2D eigenvalue weighted by atomic mass is 15.1. The Balaban J connectivity index is 1.52. The second-order valence-corrected chi connectivity index (χ2v) is 6.26. The molecule has 1 aromatic carbocycles. The number of benzene rings is 1. The highest BCUT2D eigenvalue weighted by molar-refractivity contribution is 5.54. The van der Waals surface area contributed by atoms with Gasteiger partial charge in [-0.05, 0) is 19.1 Å². The van der Waals surface area contributed by atoms with Gasteiger partial charge in [0.25, 0.3) is 0 Å². The van der Waals surface area contributed by atoms with E-state index in [1.165, 1.54) is 11.3 Å². The van der Waals surface area contributed by atoms with E-state index in [9.17, 15) is 0 Å². The SMILES string of the molecule is Cc1cccc(CN2CCc3nc(-c4ccccc4)ncc3C2)n1. The topological polar surface area (TPSA) is 41.9 Å². The van der Waals surface area contributed by atoms with Crippen molar-refractivity contribution in [3.05, 3.63) is 77.4 Å².